The molecular formula is C10H27N2Si+. The number of hydrogen-bond acceptors (Lipinski definition) is 1. The van der Waals surface area contributed by atoms with Gasteiger partial charge in [-0.05, 0) is 13.0 Å². The van der Waals surface area contributed by atoms with Crippen molar-refractivity contribution in [1.82, 2.24) is 5.32 Å². The topological polar surface area (TPSA) is 12.0 Å². The Hall–Kier alpha value is 0.137. The zero-order chi connectivity index (χ0) is 10.2. The molecule has 0 spiro atoms. The predicted molar refractivity (Wildman–Crippen MR) is 64.4 cm³/mol. The van der Waals surface area contributed by atoms with Gasteiger partial charge in [-0.1, -0.05) is 18.9 Å². The quantitative estimate of drug-likeness (QED) is 0.338. The van der Waals surface area contributed by atoms with Crippen molar-refractivity contribution in [1.29, 1.82) is 0 Å². The molecule has 0 saturated heterocycles. The van der Waals surface area contributed by atoms with E-state index in [2.05, 4.69) is 26.5 Å². The van der Waals surface area contributed by atoms with Gasteiger partial charge in [0.15, 0.2) is 0 Å². The van der Waals surface area contributed by atoms with E-state index in [0.29, 0.717) is 0 Å². The number of likely N-dealkylation sites (N-methyl/N-ethyl adjacent to an activating group) is 1. The number of nitrogens with zero attached hydrogens (tertiary/aromatic N) is 1. The lowest BCUT2D eigenvalue weighted by atomic mass is 10.2. The van der Waals surface area contributed by atoms with E-state index in [0.717, 1.165) is 11.0 Å². The molecule has 0 fully saturated rings. The highest BCUT2D eigenvalue weighted by molar-refractivity contribution is 6.08. The van der Waals surface area contributed by atoms with Gasteiger partial charge in [0, 0.05) is 16.8 Å². The largest absolute Gasteiger partial charge is 0.330 e. The van der Waals surface area contributed by atoms with E-state index in [4.69, 9.17) is 0 Å². The predicted octanol–water partition coefficient (Wildman–Crippen LogP) is 0.236. The SMILES string of the molecule is C[N+](C)(C)CCNCCCCC[SiH3]. The van der Waals surface area contributed by atoms with Crippen LogP contribution in [0, 0.1) is 0 Å². The minimum atomic E-state index is 1.06. The highest BCUT2D eigenvalue weighted by atomic mass is 28.1. The summed E-state index contributed by atoms with van der Waals surface area (Å²) in [5.74, 6) is 0. The standard InChI is InChI=1S/C10H27N2Si/c1-12(2,3)9-8-11-7-5-4-6-10-13/h11H,4-10H2,1-3,13H3/q+1. The van der Waals surface area contributed by atoms with Crippen molar-refractivity contribution < 1.29 is 4.48 Å². The third-order valence-electron chi connectivity index (χ3n) is 2.17. The number of unbranched alkanes of at least 4 members (excludes halogenated alkanes) is 2. The number of nitrogens with one attached hydrogen (secondary N) is 1. The van der Waals surface area contributed by atoms with Gasteiger partial charge in [-0.25, -0.2) is 0 Å². The van der Waals surface area contributed by atoms with Gasteiger partial charge in [0.25, 0.3) is 0 Å². The summed E-state index contributed by atoms with van der Waals surface area (Å²) in [6.45, 7) is 3.59. The van der Waals surface area contributed by atoms with Crippen LogP contribution in [0.5, 0.6) is 0 Å². The number of rotatable bonds is 8. The molecule has 0 aromatic rings. The molecular weight excluding hydrogens is 176 g/mol. The van der Waals surface area contributed by atoms with Crippen LogP contribution in [0.15, 0.2) is 0 Å². The lowest BCUT2D eigenvalue weighted by Crippen LogP contribution is -2.40. The zero-order valence-corrected chi connectivity index (χ0v) is 11.9. The van der Waals surface area contributed by atoms with Gasteiger partial charge in [0.1, 0.15) is 0 Å². The smallest absolute Gasteiger partial charge is 0.0907 e. The molecule has 0 atom stereocenters. The maximum absolute atomic E-state index is 3.50. The molecule has 0 aliphatic heterocycles. The molecule has 0 aromatic heterocycles. The molecule has 13 heavy (non-hydrogen) atoms. The van der Waals surface area contributed by atoms with E-state index in [9.17, 15) is 0 Å². The maximum atomic E-state index is 3.50. The van der Waals surface area contributed by atoms with Gasteiger partial charge in [0.2, 0.25) is 0 Å². The fraction of sp³-hybridized carbons (Fsp3) is 1.00. The van der Waals surface area contributed by atoms with Crippen molar-refractivity contribution in [3.63, 3.8) is 0 Å². The van der Waals surface area contributed by atoms with Crippen LogP contribution >= 0.6 is 0 Å². The van der Waals surface area contributed by atoms with Crippen molar-refractivity contribution in [3.05, 3.63) is 0 Å². The first-order valence-corrected chi connectivity index (χ1v) is 6.99. The molecule has 0 bridgehead atoms. The summed E-state index contributed by atoms with van der Waals surface area (Å²) in [7, 11) is 8.10. The Morgan fingerprint density at radius 2 is 1.69 bits per heavy atom. The van der Waals surface area contributed by atoms with Gasteiger partial charge in [-0.15, -0.1) is 0 Å². The first-order valence-electron chi connectivity index (χ1n) is 5.57. The lowest BCUT2D eigenvalue weighted by Gasteiger charge is -2.23. The Bertz CT molecular complexity index is 110. The second kappa shape index (κ2) is 7.53. The third kappa shape index (κ3) is 12.1. The normalized spacial score (nSPS) is 12.2. The molecule has 0 heterocycles. The summed E-state index contributed by atoms with van der Waals surface area (Å²) in [5, 5.41) is 3.50. The van der Waals surface area contributed by atoms with E-state index in [1.807, 2.05) is 0 Å². The molecule has 1 N–H and O–H groups in total. The molecule has 0 aliphatic rings. The van der Waals surface area contributed by atoms with E-state index in [1.54, 1.807) is 0 Å². The molecule has 0 unspecified atom stereocenters. The summed E-state index contributed by atoms with van der Waals surface area (Å²) in [5.41, 5.74) is 0. The first-order chi connectivity index (χ1) is 6.06. The Morgan fingerprint density at radius 1 is 1.00 bits per heavy atom. The van der Waals surface area contributed by atoms with Crippen LogP contribution in [0.1, 0.15) is 19.3 Å². The molecule has 0 aromatic carbocycles. The summed E-state index contributed by atoms with van der Waals surface area (Å²) < 4.78 is 1.06. The van der Waals surface area contributed by atoms with Gasteiger partial charge >= 0.3 is 0 Å². The van der Waals surface area contributed by atoms with Crippen molar-refractivity contribution in [3.8, 4) is 0 Å². The van der Waals surface area contributed by atoms with E-state index >= 15 is 0 Å². The van der Waals surface area contributed by atoms with Gasteiger partial charge in [-0.3, -0.25) is 0 Å². The van der Waals surface area contributed by atoms with Crippen LogP contribution in [0.2, 0.25) is 6.04 Å². The molecule has 80 valence electrons. The summed E-state index contributed by atoms with van der Waals surface area (Å²) in [6, 6.07) is 1.47. The van der Waals surface area contributed by atoms with E-state index in [1.165, 1.54) is 48.6 Å². The highest BCUT2D eigenvalue weighted by Gasteiger charge is 2.04. The van der Waals surface area contributed by atoms with Crippen LogP contribution < -0.4 is 5.32 Å². The second-order valence-corrected chi connectivity index (χ2v) is 5.82. The first kappa shape index (κ1) is 13.1. The van der Waals surface area contributed by atoms with Crippen molar-refractivity contribution in [2.45, 2.75) is 25.3 Å². The fourth-order valence-electron chi connectivity index (χ4n) is 1.22. The number of hydrogen-bond donors (Lipinski definition) is 1. The van der Waals surface area contributed by atoms with E-state index < -0.39 is 0 Å². The lowest BCUT2D eigenvalue weighted by molar-refractivity contribution is -0.869. The van der Waals surface area contributed by atoms with E-state index in [-0.39, 0.29) is 0 Å². The molecule has 2 nitrogen and oxygen atoms in total. The van der Waals surface area contributed by atoms with Crippen LogP contribution in [-0.4, -0.2) is 55.5 Å². The Morgan fingerprint density at radius 3 is 2.23 bits per heavy atom. The van der Waals surface area contributed by atoms with Crippen LogP contribution in [-0.2, 0) is 0 Å². The fourth-order valence-corrected chi connectivity index (χ4v) is 1.72. The Kier molecular flexibility index (Phi) is 7.61. The van der Waals surface area contributed by atoms with Gasteiger partial charge in [0.05, 0.1) is 27.7 Å². The van der Waals surface area contributed by atoms with Gasteiger partial charge in [-0.2, -0.15) is 0 Å². The highest BCUT2D eigenvalue weighted by Crippen LogP contribution is 1.96. The van der Waals surface area contributed by atoms with Gasteiger partial charge < -0.3 is 9.80 Å². The van der Waals surface area contributed by atoms with Crippen LogP contribution in [0.4, 0.5) is 0 Å². The third-order valence-corrected chi connectivity index (χ3v) is 2.87. The minimum Gasteiger partial charge on any atom is -0.330 e. The van der Waals surface area contributed by atoms with Crippen molar-refractivity contribution in [2.24, 2.45) is 0 Å². The summed E-state index contributed by atoms with van der Waals surface area (Å²) >= 11 is 0. The van der Waals surface area contributed by atoms with Crippen LogP contribution in [0.25, 0.3) is 0 Å². The molecule has 0 amide bonds. The molecule has 3 heteroatoms. The molecule has 0 rings (SSSR count). The van der Waals surface area contributed by atoms with Crippen LogP contribution in [0.3, 0.4) is 0 Å². The Balaban J connectivity index is 3.00. The summed E-state index contributed by atoms with van der Waals surface area (Å²) in [4.78, 5) is 0. The zero-order valence-electron chi connectivity index (χ0n) is 9.90. The monoisotopic (exact) mass is 203 g/mol. The van der Waals surface area contributed by atoms with Crippen molar-refractivity contribution in [2.75, 3.05) is 40.8 Å². The average molecular weight is 203 g/mol. The second-order valence-electron chi connectivity index (χ2n) is 4.82. The summed E-state index contributed by atoms with van der Waals surface area (Å²) in [6.07, 6.45) is 4.23. The molecule has 0 radical (unpaired) electrons. The average Bonchev–Trinajstić information content (AvgIpc) is 2.01. The number of quaternary nitrogens is 1. The minimum absolute atomic E-state index is 1.06. The van der Waals surface area contributed by atoms with Crippen molar-refractivity contribution >= 4 is 10.2 Å². The maximum Gasteiger partial charge on any atom is 0.0907 e. The molecule has 0 saturated carbocycles. The Labute approximate surface area is 86.7 Å². The molecule has 0 aliphatic carbocycles.